The first-order chi connectivity index (χ1) is 23.3. The number of allylic oxidation sites excluding steroid dienone is 2. The van der Waals surface area contributed by atoms with Crippen molar-refractivity contribution < 1.29 is 59.4 Å². The number of rotatable bonds is 4. The van der Waals surface area contributed by atoms with Gasteiger partial charge in [0, 0.05) is 0 Å². The summed E-state index contributed by atoms with van der Waals surface area (Å²) in [6.45, 7) is -0.589. The first-order valence-corrected chi connectivity index (χ1v) is 15.7. The third-order valence-electron chi connectivity index (χ3n) is 9.85. The molecule has 3 fully saturated rings. The Morgan fingerprint density at radius 2 is 1.42 bits per heavy atom. The van der Waals surface area contributed by atoms with E-state index in [2.05, 4.69) is 0 Å². The molecule has 0 bridgehead atoms. The van der Waals surface area contributed by atoms with Gasteiger partial charge in [0.25, 0.3) is 11.8 Å². The second-order valence-electron chi connectivity index (χ2n) is 12.5. The fourth-order valence-corrected chi connectivity index (χ4v) is 8.58. The number of hydrogen-bond donors (Lipinski definition) is 1. The van der Waals surface area contributed by atoms with Crippen LogP contribution in [0.25, 0.3) is 0 Å². The van der Waals surface area contributed by atoms with E-state index in [9.17, 15) is 55.0 Å². The van der Waals surface area contributed by atoms with Gasteiger partial charge in [-0.3, -0.25) is 19.2 Å². The van der Waals surface area contributed by atoms with Crippen LogP contribution in [0.1, 0.15) is 41.4 Å². The molecular formula is C33H21Cl2F7N2O6. The molecule has 6 unspecified atom stereocenters. The smallest absolute Gasteiger partial charge is 0.416 e. The van der Waals surface area contributed by atoms with Crippen molar-refractivity contribution in [1.82, 2.24) is 0 Å². The van der Waals surface area contributed by atoms with Crippen LogP contribution in [0.4, 0.5) is 42.1 Å². The van der Waals surface area contributed by atoms with Crippen molar-refractivity contribution in [3.05, 3.63) is 94.7 Å². The predicted octanol–water partition coefficient (Wildman–Crippen LogP) is 6.72. The normalized spacial score (nSPS) is 29.7. The molecule has 7 rings (SSSR count). The molecule has 0 radical (unpaired) electrons. The van der Waals surface area contributed by atoms with Crippen molar-refractivity contribution in [3.63, 3.8) is 0 Å². The summed E-state index contributed by atoms with van der Waals surface area (Å²) in [6.07, 6.45) is -9.88. The molecule has 4 amide bonds. The highest BCUT2D eigenvalue weighted by molar-refractivity contribution is 6.58. The second-order valence-corrected chi connectivity index (χ2v) is 13.7. The van der Waals surface area contributed by atoms with Gasteiger partial charge in [0.2, 0.25) is 11.8 Å². The summed E-state index contributed by atoms with van der Waals surface area (Å²) in [5.41, 5.74) is -4.32. The van der Waals surface area contributed by atoms with Gasteiger partial charge in [-0.1, -0.05) is 11.6 Å². The molecule has 17 heteroatoms. The molecule has 1 saturated carbocycles. The molecule has 2 aliphatic carbocycles. The van der Waals surface area contributed by atoms with E-state index >= 15 is 0 Å². The van der Waals surface area contributed by atoms with Gasteiger partial charge in [-0.25, -0.2) is 14.2 Å². The van der Waals surface area contributed by atoms with Crippen LogP contribution in [0.5, 0.6) is 0 Å². The summed E-state index contributed by atoms with van der Waals surface area (Å²) in [5.74, 6) is -10.4. The van der Waals surface area contributed by atoms with Gasteiger partial charge in [-0.15, -0.1) is 23.2 Å². The third-order valence-corrected chi connectivity index (χ3v) is 11.3. The zero-order valence-corrected chi connectivity index (χ0v) is 26.5. The number of imide groups is 2. The maximum absolute atomic E-state index is 14.3. The summed E-state index contributed by atoms with van der Waals surface area (Å²) in [5, 5.41) is 9.70. The van der Waals surface area contributed by atoms with Crippen LogP contribution in [-0.4, -0.2) is 38.5 Å². The van der Waals surface area contributed by atoms with E-state index in [4.69, 9.17) is 27.6 Å². The second kappa shape index (κ2) is 11.1. The number of alkyl halides is 8. The van der Waals surface area contributed by atoms with Crippen LogP contribution in [0.3, 0.4) is 0 Å². The number of benzene rings is 2. The fraction of sp³-hybridized carbons (Fsp3) is 0.333. The molecular weight excluding hydrogens is 724 g/mol. The Labute approximate surface area is 287 Å². The lowest BCUT2D eigenvalue weighted by Crippen LogP contribution is -2.60. The molecule has 3 aromatic rings. The van der Waals surface area contributed by atoms with Gasteiger partial charge in [0.1, 0.15) is 23.9 Å². The minimum Gasteiger partial charge on any atom is -0.463 e. The van der Waals surface area contributed by atoms with Crippen molar-refractivity contribution in [1.29, 1.82) is 0 Å². The first-order valence-electron chi connectivity index (χ1n) is 14.9. The minimum absolute atomic E-state index is 0.0207. The standard InChI is InChI=1S/C33H21Cl2F7N2O6/c34-30-12-22-20(6-7-21-24(22)27(47)43(26(21)46)18-10-14(32(37,38)39)9-15(11-18)33(40,41)42)25(23-8-5-19(13-45)50-23)31(30,35)29(49)44(28(30)48)17-3-1-16(36)2-4-17/h1-6,8-11,21-22,24-25,45H,7,12-13H2. The number of aliphatic hydroxyl groups excluding tert-OH is 1. The molecule has 262 valence electrons. The van der Waals surface area contributed by atoms with E-state index in [1.807, 2.05) is 0 Å². The van der Waals surface area contributed by atoms with Crippen molar-refractivity contribution in [2.75, 3.05) is 9.80 Å². The fourth-order valence-electron chi connectivity index (χ4n) is 7.67. The Morgan fingerprint density at radius 3 is 1.98 bits per heavy atom. The molecule has 4 aliphatic rings. The van der Waals surface area contributed by atoms with Crippen LogP contribution >= 0.6 is 23.2 Å². The number of hydrogen-bond acceptors (Lipinski definition) is 6. The minimum atomic E-state index is -5.27. The molecule has 50 heavy (non-hydrogen) atoms. The Bertz CT molecular complexity index is 1980. The first kappa shape index (κ1) is 34.2. The number of fused-ring (bicyclic) bond motifs is 4. The van der Waals surface area contributed by atoms with Crippen molar-refractivity contribution in [3.8, 4) is 0 Å². The quantitative estimate of drug-likeness (QED) is 0.138. The summed E-state index contributed by atoms with van der Waals surface area (Å²) in [4.78, 5) is 52.5. The maximum atomic E-state index is 14.3. The summed E-state index contributed by atoms with van der Waals surface area (Å²) in [6, 6.07) is 7.37. The van der Waals surface area contributed by atoms with Crippen molar-refractivity contribution in [2.24, 2.45) is 17.8 Å². The lowest BCUT2D eigenvalue weighted by atomic mass is 9.57. The zero-order valence-electron chi connectivity index (χ0n) is 25.0. The topological polar surface area (TPSA) is 108 Å². The van der Waals surface area contributed by atoms with Gasteiger partial charge in [-0.2, -0.15) is 26.3 Å². The Morgan fingerprint density at radius 1 is 0.800 bits per heavy atom. The number of aliphatic hydroxyl groups is 1. The molecule has 1 aromatic heterocycles. The highest BCUT2D eigenvalue weighted by Crippen LogP contribution is 2.66. The summed E-state index contributed by atoms with van der Waals surface area (Å²) < 4.78 is 102. The molecule has 1 N–H and O–H groups in total. The average molecular weight is 745 g/mol. The zero-order chi connectivity index (χ0) is 36.3. The number of nitrogens with zero attached hydrogens (tertiary/aromatic N) is 2. The molecule has 3 heterocycles. The molecule has 2 aliphatic heterocycles. The average Bonchev–Trinajstić information content (AvgIpc) is 3.66. The van der Waals surface area contributed by atoms with Gasteiger partial charge < -0.3 is 9.52 Å². The SMILES string of the molecule is O=C1C2CC=C3C(CC4(Cl)C(=O)N(c5ccc(F)cc5)C(=O)C4(Cl)C3c3ccc(CO)o3)C2C(=O)N1c1cc(C(F)(F)F)cc(C(F)(F)F)c1. The van der Waals surface area contributed by atoms with Crippen LogP contribution in [0.15, 0.2) is 70.7 Å². The number of furan rings is 1. The summed E-state index contributed by atoms with van der Waals surface area (Å²) >= 11 is 14.3. The molecule has 2 saturated heterocycles. The van der Waals surface area contributed by atoms with Crippen LogP contribution in [0, 0.1) is 23.6 Å². The lowest BCUT2D eigenvalue weighted by molar-refractivity contribution is -0.143. The number of amides is 4. The van der Waals surface area contributed by atoms with Crippen molar-refractivity contribution >= 4 is 58.2 Å². The molecule has 8 nitrogen and oxygen atoms in total. The predicted molar refractivity (Wildman–Crippen MR) is 160 cm³/mol. The monoisotopic (exact) mass is 744 g/mol. The van der Waals surface area contributed by atoms with Gasteiger partial charge >= 0.3 is 12.4 Å². The van der Waals surface area contributed by atoms with E-state index in [0.717, 1.165) is 24.3 Å². The number of anilines is 2. The van der Waals surface area contributed by atoms with Crippen LogP contribution in [0.2, 0.25) is 0 Å². The number of carbonyl (C=O) groups excluding carboxylic acids is 4. The van der Waals surface area contributed by atoms with E-state index in [-0.39, 0.29) is 52.3 Å². The Balaban J connectivity index is 1.37. The highest BCUT2D eigenvalue weighted by atomic mass is 35.5. The third kappa shape index (κ3) is 4.76. The van der Waals surface area contributed by atoms with E-state index in [1.54, 1.807) is 0 Å². The maximum Gasteiger partial charge on any atom is 0.416 e. The molecule has 0 spiro atoms. The lowest BCUT2D eigenvalue weighted by Gasteiger charge is -2.49. The van der Waals surface area contributed by atoms with Gasteiger partial charge in [-0.05, 0) is 73.4 Å². The van der Waals surface area contributed by atoms with Crippen molar-refractivity contribution in [2.45, 2.75) is 47.5 Å². The van der Waals surface area contributed by atoms with Gasteiger partial charge in [0.05, 0.1) is 40.3 Å². The summed E-state index contributed by atoms with van der Waals surface area (Å²) in [7, 11) is 0. The van der Waals surface area contributed by atoms with Crippen LogP contribution in [-0.2, 0) is 38.1 Å². The highest BCUT2D eigenvalue weighted by Gasteiger charge is 2.77. The van der Waals surface area contributed by atoms with Crippen LogP contribution < -0.4 is 9.80 Å². The number of halogens is 9. The number of carbonyl (C=O) groups is 4. The Kier molecular flexibility index (Phi) is 7.63. The van der Waals surface area contributed by atoms with E-state index < -0.39 is 105 Å². The largest absolute Gasteiger partial charge is 0.463 e. The van der Waals surface area contributed by atoms with E-state index in [0.29, 0.717) is 4.90 Å². The Hall–Kier alpha value is -4.21. The molecule has 6 atom stereocenters. The van der Waals surface area contributed by atoms with E-state index in [1.165, 1.54) is 18.2 Å². The van der Waals surface area contributed by atoms with Gasteiger partial charge in [0.15, 0.2) is 9.75 Å². The molecule has 2 aromatic carbocycles.